The number of nitrogens with zero attached hydrogens (tertiary/aromatic N) is 3. The van der Waals surface area contributed by atoms with Crippen molar-refractivity contribution in [2.24, 2.45) is 5.41 Å². The molecule has 0 bridgehead atoms. The molecule has 2 aliphatic rings. The lowest BCUT2D eigenvalue weighted by Crippen LogP contribution is -2.46. The minimum atomic E-state index is 0.312. The molecular formula is C21H35N3O2. The van der Waals surface area contributed by atoms with Crippen molar-refractivity contribution in [2.75, 3.05) is 77.6 Å². The van der Waals surface area contributed by atoms with Gasteiger partial charge in [-0.3, -0.25) is 4.90 Å². The maximum atomic E-state index is 5.48. The van der Waals surface area contributed by atoms with Crippen molar-refractivity contribution in [3.8, 4) is 5.75 Å². The molecule has 2 aliphatic heterocycles. The lowest BCUT2D eigenvalue weighted by atomic mass is 9.91. The maximum absolute atomic E-state index is 5.48. The highest BCUT2D eigenvalue weighted by molar-refractivity contribution is 5.49. The van der Waals surface area contributed by atoms with Crippen LogP contribution in [0.2, 0.25) is 0 Å². The zero-order valence-corrected chi connectivity index (χ0v) is 16.7. The number of hydrogen-bond donors (Lipinski definition) is 0. The van der Waals surface area contributed by atoms with Crippen LogP contribution < -0.4 is 9.64 Å². The fourth-order valence-corrected chi connectivity index (χ4v) is 4.20. The van der Waals surface area contributed by atoms with Gasteiger partial charge < -0.3 is 19.3 Å². The van der Waals surface area contributed by atoms with E-state index in [9.17, 15) is 0 Å². The normalized spacial score (nSPS) is 20.8. The maximum Gasteiger partial charge on any atom is 0.119 e. The second-order valence-electron chi connectivity index (χ2n) is 8.37. The molecule has 0 radical (unpaired) electrons. The van der Waals surface area contributed by atoms with E-state index in [1.165, 1.54) is 25.2 Å². The zero-order valence-electron chi connectivity index (χ0n) is 16.7. The van der Waals surface area contributed by atoms with Gasteiger partial charge in [-0.1, -0.05) is 13.8 Å². The highest BCUT2D eigenvalue weighted by atomic mass is 16.5. The zero-order chi connectivity index (χ0) is 18.4. The molecule has 5 heteroatoms. The number of benzene rings is 1. The predicted octanol–water partition coefficient (Wildman–Crippen LogP) is 2.57. The van der Waals surface area contributed by atoms with Crippen molar-refractivity contribution < 1.29 is 9.47 Å². The Morgan fingerprint density at radius 3 is 2.19 bits per heavy atom. The Morgan fingerprint density at radius 1 is 0.885 bits per heavy atom. The SMILES string of the molecule is COc1ccc(N2CCCN(CC(C)(C)CN3CCOCC3)CC2)cc1. The van der Waals surface area contributed by atoms with Crippen LogP contribution >= 0.6 is 0 Å². The van der Waals surface area contributed by atoms with Gasteiger partial charge in [0, 0.05) is 51.5 Å². The largest absolute Gasteiger partial charge is 0.497 e. The van der Waals surface area contributed by atoms with Crippen molar-refractivity contribution in [3.63, 3.8) is 0 Å². The summed E-state index contributed by atoms with van der Waals surface area (Å²) in [6.07, 6.45) is 1.22. The minimum absolute atomic E-state index is 0.312. The van der Waals surface area contributed by atoms with Crippen molar-refractivity contribution in [1.29, 1.82) is 0 Å². The molecule has 0 amide bonds. The molecule has 0 spiro atoms. The lowest BCUT2D eigenvalue weighted by Gasteiger charge is -2.38. The van der Waals surface area contributed by atoms with Crippen LogP contribution in [0.25, 0.3) is 0 Å². The number of methoxy groups -OCH3 is 1. The van der Waals surface area contributed by atoms with E-state index >= 15 is 0 Å². The molecule has 0 aromatic heterocycles. The molecule has 1 aromatic carbocycles. The molecule has 0 N–H and O–H groups in total. The van der Waals surface area contributed by atoms with Gasteiger partial charge in [0.25, 0.3) is 0 Å². The van der Waals surface area contributed by atoms with Gasteiger partial charge in [0.2, 0.25) is 0 Å². The third-order valence-corrected chi connectivity index (χ3v) is 5.43. The average molecular weight is 362 g/mol. The fourth-order valence-electron chi connectivity index (χ4n) is 4.20. The van der Waals surface area contributed by atoms with Crippen LogP contribution in [-0.4, -0.2) is 82.5 Å². The highest BCUT2D eigenvalue weighted by Crippen LogP contribution is 2.23. The Morgan fingerprint density at radius 2 is 1.54 bits per heavy atom. The third kappa shape index (κ3) is 5.60. The molecule has 26 heavy (non-hydrogen) atoms. The van der Waals surface area contributed by atoms with E-state index in [1.807, 2.05) is 0 Å². The Bertz CT molecular complexity index is 541. The molecular weight excluding hydrogens is 326 g/mol. The number of anilines is 1. The molecule has 146 valence electrons. The van der Waals surface area contributed by atoms with E-state index in [0.717, 1.165) is 58.2 Å². The summed E-state index contributed by atoms with van der Waals surface area (Å²) in [6, 6.07) is 8.47. The molecule has 0 saturated carbocycles. The second-order valence-corrected chi connectivity index (χ2v) is 8.37. The number of morpholine rings is 1. The first-order valence-electron chi connectivity index (χ1n) is 9.97. The van der Waals surface area contributed by atoms with Gasteiger partial charge in [0.05, 0.1) is 20.3 Å². The Balaban J connectivity index is 1.50. The number of hydrogen-bond acceptors (Lipinski definition) is 5. The van der Waals surface area contributed by atoms with Crippen LogP contribution in [0.15, 0.2) is 24.3 Å². The fraction of sp³-hybridized carbons (Fsp3) is 0.714. The first-order chi connectivity index (χ1) is 12.6. The van der Waals surface area contributed by atoms with Crippen LogP contribution in [-0.2, 0) is 4.74 Å². The summed E-state index contributed by atoms with van der Waals surface area (Å²) in [7, 11) is 1.72. The van der Waals surface area contributed by atoms with E-state index in [0.29, 0.717) is 5.41 Å². The van der Waals surface area contributed by atoms with Gasteiger partial charge in [0.1, 0.15) is 5.75 Å². The summed E-state index contributed by atoms with van der Waals surface area (Å²) in [5.41, 5.74) is 1.62. The lowest BCUT2D eigenvalue weighted by molar-refractivity contribution is 0.0154. The number of ether oxygens (including phenoxy) is 2. The second kappa shape index (κ2) is 9.07. The van der Waals surface area contributed by atoms with Crippen LogP contribution in [0, 0.1) is 5.41 Å². The van der Waals surface area contributed by atoms with E-state index in [1.54, 1.807) is 7.11 Å². The topological polar surface area (TPSA) is 28.2 Å². The summed E-state index contributed by atoms with van der Waals surface area (Å²) < 4.78 is 10.8. The molecule has 0 atom stereocenters. The molecule has 0 unspecified atom stereocenters. The molecule has 2 heterocycles. The quantitative estimate of drug-likeness (QED) is 0.777. The van der Waals surface area contributed by atoms with Crippen LogP contribution in [0.5, 0.6) is 5.75 Å². The first kappa shape index (κ1) is 19.5. The highest BCUT2D eigenvalue weighted by Gasteiger charge is 2.27. The Kier molecular flexibility index (Phi) is 6.79. The molecule has 2 fully saturated rings. The summed E-state index contributed by atoms with van der Waals surface area (Å²) in [5, 5.41) is 0. The van der Waals surface area contributed by atoms with Crippen LogP contribution in [0.3, 0.4) is 0 Å². The van der Waals surface area contributed by atoms with Crippen molar-refractivity contribution >= 4 is 5.69 Å². The molecule has 1 aromatic rings. The van der Waals surface area contributed by atoms with Gasteiger partial charge in [0.15, 0.2) is 0 Å². The summed E-state index contributed by atoms with van der Waals surface area (Å²) in [4.78, 5) is 7.73. The summed E-state index contributed by atoms with van der Waals surface area (Å²) in [5.74, 6) is 0.926. The Hall–Kier alpha value is -1.30. The van der Waals surface area contributed by atoms with Crippen molar-refractivity contribution in [3.05, 3.63) is 24.3 Å². The molecule has 0 aliphatic carbocycles. The summed E-state index contributed by atoms with van der Waals surface area (Å²) >= 11 is 0. The van der Waals surface area contributed by atoms with Gasteiger partial charge in [-0.25, -0.2) is 0 Å². The van der Waals surface area contributed by atoms with Gasteiger partial charge in [-0.2, -0.15) is 0 Å². The molecule has 3 rings (SSSR count). The van der Waals surface area contributed by atoms with Crippen LogP contribution in [0.1, 0.15) is 20.3 Å². The smallest absolute Gasteiger partial charge is 0.119 e. The number of rotatable bonds is 6. The average Bonchev–Trinajstić information content (AvgIpc) is 2.87. The predicted molar refractivity (Wildman–Crippen MR) is 107 cm³/mol. The minimum Gasteiger partial charge on any atom is -0.497 e. The van der Waals surface area contributed by atoms with E-state index in [-0.39, 0.29) is 0 Å². The molecule has 2 saturated heterocycles. The standard InChI is InChI=1S/C21H35N3O2/c1-21(2,18-23-13-15-26-16-14-23)17-22-9-4-10-24(12-11-22)19-5-7-20(25-3)8-6-19/h5-8H,4,9-18H2,1-3H3. The van der Waals surface area contributed by atoms with Gasteiger partial charge in [-0.15, -0.1) is 0 Å². The first-order valence-corrected chi connectivity index (χ1v) is 9.97. The van der Waals surface area contributed by atoms with E-state index in [2.05, 4.69) is 52.8 Å². The monoisotopic (exact) mass is 361 g/mol. The van der Waals surface area contributed by atoms with Crippen molar-refractivity contribution in [1.82, 2.24) is 9.80 Å². The molecule has 5 nitrogen and oxygen atoms in total. The van der Waals surface area contributed by atoms with Gasteiger partial charge in [-0.05, 0) is 42.6 Å². The van der Waals surface area contributed by atoms with Crippen LogP contribution in [0.4, 0.5) is 5.69 Å². The van der Waals surface area contributed by atoms with E-state index in [4.69, 9.17) is 9.47 Å². The Labute approximate surface area is 158 Å². The van der Waals surface area contributed by atoms with E-state index < -0.39 is 0 Å². The van der Waals surface area contributed by atoms with Crippen molar-refractivity contribution in [2.45, 2.75) is 20.3 Å². The third-order valence-electron chi connectivity index (χ3n) is 5.43. The summed E-state index contributed by atoms with van der Waals surface area (Å²) in [6.45, 7) is 15.6. The van der Waals surface area contributed by atoms with Gasteiger partial charge >= 0.3 is 0 Å².